The van der Waals surface area contributed by atoms with Gasteiger partial charge >= 0.3 is 12.4 Å². The molecule has 4 rings (SSSR count). The highest BCUT2D eigenvalue weighted by Crippen LogP contribution is 2.42. The standard InChI is InChI=1S/C23H15F6N7/c1-12(18-20(32-6-5-31-18)17-4-3-13(9-30)10-33-17)36(2)21-15-7-14(22(24,25)26)8-16(23(27,28)29)19(15)34-11-35-21/h3-8,10-12H,1-2H3. The first kappa shape index (κ1) is 24.8. The van der Waals surface area contributed by atoms with E-state index < -0.39 is 40.4 Å². The predicted octanol–water partition coefficient (Wildman–Crippen LogP) is 5.59. The third kappa shape index (κ3) is 4.61. The minimum atomic E-state index is -5.07. The van der Waals surface area contributed by atoms with E-state index in [1.165, 1.54) is 36.6 Å². The predicted molar refractivity (Wildman–Crippen MR) is 116 cm³/mol. The van der Waals surface area contributed by atoms with Crippen LogP contribution < -0.4 is 4.90 Å². The van der Waals surface area contributed by atoms with Gasteiger partial charge in [-0.15, -0.1) is 0 Å². The molecule has 13 heteroatoms. The summed E-state index contributed by atoms with van der Waals surface area (Å²) in [5.74, 6) is -0.159. The Morgan fingerprint density at radius 3 is 2.25 bits per heavy atom. The highest BCUT2D eigenvalue weighted by atomic mass is 19.4. The number of benzene rings is 1. The maximum absolute atomic E-state index is 13.7. The molecule has 0 aliphatic carbocycles. The molecule has 184 valence electrons. The monoisotopic (exact) mass is 503 g/mol. The summed E-state index contributed by atoms with van der Waals surface area (Å²) in [6.07, 6.45) is -5.08. The molecule has 0 spiro atoms. The van der Waals surface area contributed by atoms with Gasteiger partial charge in [0.2, 0.25) is 0 Å². The normalized spacial score (nSPS) is 12.9. The lowest BCUT2D eigenvalue weighted by atomic mass is 10.0. The summed E-state index contributed by atoms with van der Waals surface area (Å²) in [6, 6.07) is 4.97. The average Bonchev–Trinajstić information content (AvgIpc) is 2.85. The summed E-state index contributed by atoms with van der Waals surface area (Å²) in [5.41, 5.74) is -2.28. The largest absolute Gasteiger partial charge is 0.418 e. The molecule has 1 aromatic carbocycles. The minimum absolute atomic E-state index is 0.0416. The quantitative estimate of drug-likeness (QED) is 0.336. The van der Waals surface area contributed by atoms with Gasteiger partial charge < -0.3 is 4.90 Å². The second-order valence-electron chi connectivity index (χ2n) is 7.73. The second kappa shape index (κ2) is 9.03. The van der Waals surface area contributed by atoms with Crippen molar-refractivity contribution in [3.63, 3.8) is 0 Å². The van der Waals surface area contributed by atoms with E-state index in [4.69, 9.17) is 5.26 Å². The first-order chi connectivity index (χ1) is 16.9. The number of anilines is 1. The number of alkyl halides is 6. The SMILES string of the molecule is CC(c1nccnc1-c1ccc(C#N)cn1)N(C)c1ncnc2c(C(F)(F)F)cc(C(F)(F)F)cc12. The lowest BCUT2D eigenvalue weighted by Crippen LogP contribution is -2.25. The lowest BCUT2D eigenvalue weighted by Gasteiger charge is -2.28. The molecule has 3 heterocycles. The Kier molecular flexibility index (Phi) is 6.21. The Bertz CT molecular complexity index is 1460. The fraction of sp³-hybridized carbons (Fsp3) is 0.217. The topological polar surface area (TPSA) is 91.5 Å². The maximum atomic E-state index is 13.7. The molecule has 0 radical (unpaired) electrons. The van der Waals surface area contributed by atoms with Crippen molar-refractivity contribution in [2.24, 2.45) is 0 Å². The van der Waals surface area contributed by atoms with E-state index in [1.54, 1.807) is 13.0 Å². The number of halogens is 6. The third-order valence-electron chi connectivity index (χ3n) is 5.52. The highest BCUT2D eigenvalue weighted by molar-refractivity contribution is 5.92. The van der Waals surface area contributed by atoms with Gasteiger partial charge in [-0.1, -0.05) is 0 Å². The molecule has 1 unspecified atom stereocenters. The van der Waals surface area contributed by atoms with Gasteiger partial charge in [0.1, 0.15) is 23.9 Å². The summed E-state index contributed by atoms with van der Waals surface area (Å²) in [4.78, 5) is 21.9. The maximum Gasteiger partial charge on any atom is 0.418 e. The Morgan fingerprint density at radius 1 is 0.917 bits per heavy atom. The smallest absolute Gasteiger partial charge is 0.351 e. The molecule has 36 heavy (non-hydrogen) atoms. The van der Waals surface area contributed by atoms with Crippen LogP contribution in [-0.2, 0) is 12.4 Å². The van der Waals surface area contributed by atoms with E-state index in [-0.39, 0.29) is 11.9 Å². The van der Waals surface area contributed by atoms with Crippen molar-refractivity contribution in [3.8, 4) is 17.5 Å². The molecular weight excluding hydrogens is 488 g/mol. The van der Waals surface area contributed by atoms with Crippen molar-refractivity contribution in [1.29, 1.82) is 5.26 Å². The molecule has 0 aliphatic heterocycles. The van der Waals surface area contributed by atoms with E-state index in [1.807, 2.05) is 6.07 Å². The van der Waals surface area contributed by atoms with Crippen LogP contribution in [0.3, 0.4) is 0 Å². The number of nitrogens with zero attached hydrogens (tertiary/aromatic N) is 7. The number of rotatable bonds is 4. The Labute approximate surface area is 200 Å². The van der Waals surface area contributed by atoms with Gasteiger partial charge in [0.25, 0.3) is 0 Å². The average molecular weight is 503 g/mol. The molecule has 0 saturated heterocycles. The van der Waals surface area contributed by atoms with Crippen LogP contribution in [0.25, 0.3) is 22.3 Å². The molecule has 1 atom stereocenters. The molecule has 7 nitrogen and oxygen atoms in total. The molecule has 0 aliphatic rings. The molecule has 3 aromatic heterocycles. The minimum Gasteiger partial charge on any atom is -0.351 e. The van der Waals surface area contributed by atoms with Crippen molar-refractivity contribution in [2.45, 2.75) is 25.3 Å². The Balaban J connectivity index is 1.86. The molecule has 0 bridgehead atoms. The molecule has 4 aromatic rings. The van der Waals surface area contributed by atoms with Crippen molar-refractivity contribution in [2.75, 3.05) is 11.9 Å². The zero-order valence-corrected chi connectivity index (χ0v) is 18.6. The van der Waals surface area contributed by atoms with Crippen LogP contribution in [0.15, 0.2) is 49.2 Å². The highest BCUT2D eigenvalue weighted by Gasteiger charge is 2.39. The lowest BCUT2D eigenvalue weighted by molar-refractivity contribution is -0.142. The number of aromatic nitrogens is 5. The van der Waals surface area contributed by atoms with Crippen molar-refractivity contribution < 1.29 is 26.3 Å². The molecule has 0 saturated carbocycles. The summed E-state index contributed by atoms with van der Waals surface area (Å²) >= 11 is 0. The summed E-state index contributed by atoms with van der Waals surface area (Å²) < 4.78 is 81.4. The van der Waals surface area contributed by atoms with Gasteiger partial charge in [-0.3, -0.25) is 15.0 Å². The van der Waals surface area contributed by atoms with Crippen molar-refractivity contribution >= 4 is 16.7 Å². The van der Waals surface area contributed by atoms with Gasteiger partial charge in [0, 0.05) is 31.0 Å². The van der Waals surface area contributed by atoms with Gasteiger partial charge in [0.15, 0.2) is 0 Å². The van der Waals surface area contributed by atoms with Gasteiger partial charge in [0.05, 0.1) is 39.6 Å². The number of nitriles is 1. The van der Waals surface area contributed by atoms with Crippen LogP contribution in [0.2, 0.25) is 0 Å². The zero-order valence-electron chi connectivity index (χ0n) is 18.6. The van der Waals surface area contributed by atoms with E-state index in [0.29, 0.717) is 28.7 Å². The van der Waals surface area contributed by atoms with Crippen LogP contribution in [0.5, 0.6) is 0 Å². The Hall–Kier alpha value is -4.34. The first-order valence-corrected chi connectivity index (χ1v) is 10.2. The van der Waals surface area contributed by atoms with Gasteiger partial charge in [-0.25, -0.2) is 9.97 Å². The van der Waals surface area contributed by atoms with E-state index in [2.05, 4.69) is 24.9 Å². The second-order valence-corrected chi connectivity index (χ2v) is 7.73. The van der Waals surface area contributed by atoms with E-state index >= 15 is 0 Å². The molecule has 0 N–H and O–H groups in total. The fourth-order valence-electron chi connectivity index (χ4n) is 3.63. The summed E-state index contributed by atoms with van der Waals surface area (Å²) in [6.45, 7) is 1.64. The molecular formula is C23H15F6N7. The van der Waals surface area contributed by atoms with Crippen LogP contribution in [0, 0.1) is 11.3 Å². The Morgan fingerprint density at radius 2 is 1.64 bits per heavy atom. The van der Waals surface area contributed by atoms with Crippen LogP contribution in [-0.4, -0.2) is 32.0 Å². The fourth-order valence-corrected chi connectivity index (χ4v) is 3.63. The van der Waals surface area contributed by atoms with Crippen LogP contribution in [0.4, 0.5) is 32.2 Å². The van der Waals surface area contributed by atoms with E-state index in [0.717, 1.165) is 6.33 Å². The molecule has 0 fully saturated rings. The van der Waals surface area contributed by atoms with Crippen LogP contribution >= 0.6 is 0 Å². The number of hydrogen-bond donors (Lipinski definition) is 0. The van der Waals surface area contributed by atoms with Crippen LogP contribution in [0.1, 0.15) is 35.3 Å². The third-order valence-corrected chi connectivity index (χ3v) is 5.52. The number of hydrogen-bond acceptors (Lipinski definition) is 7. The van der Waals surface area contributed by atoms with Gasteiger partial charge in [-0.05, 0) is 31.2 Å². The summed E-state index contributed by atoms with van der Waals surface area (Å²) in [5, 5.41) is 8.57. The van der Waals surface area contributed by atoms with Crippen molar-refractivity contribution in [1.82, 2.24) is 24.9 Å². The van der Waals surface area contributed by atoms with Crippen molar-refractivity contribution in [3.05, 3.63) is 71.6 Å². The zero-order chi connectivity index (χ0) is 26.3. The first-order valence-electron chi connectivity index (χ1n) is 10.2. The van der Waals surface area contributed by atoms with Gasteiger partial charge in [-0.2, -0.15) is 31.6 Å². The summed E-state index contributed by atoms with van der Waals surface area (Å²) in [7, 11) is 1.46. The molecule has 0 amide bonds. The van der Waals surface area contributed by atoms with E-state index in [9.17, 15) is 26.3 Å². The number of pyridine rings is 1. The number of fused-ring (bicyclic) bond motifs is 1.